The number of aryl methyl sites for hydroxylation is 1. The fourth-order valence-electron chi connectivity index (χ4n) is 5.90. The number of alkyl halides is 2. The van der Waals surface area contributed by atoms with Crippen molar-refractivity contribution in [3.63, 3.8) is 0 Å². The number of Topliss-reactive ketones (excluding diaryl/α,β-unsaturated/α-hetero) is 1. The summed E-state index contributed by atoms with van der Waals surface area (Å²) in [7, 11) is 0. The maximum Gasteiger partial charge on any atom is 0.245 e. The lowest BCUT2D eigenvalue weighted by Crippen LogP contribution is -2.51. The number of piperidine rings is 1. The van der Waals surface area contributed by atoms with Gasteiger partial charge in [0.1, 0.15) is 28.4 Å². The smallest absolute Gasteiger partial charge is 0.245 e. The number of carbonyl (C=O) groups is 3. The highest BCUT2D eigenvalue weighted by Gasteiger charge is 2.64. The molecule has 2 amide bonds. The SMILES string of the molecule is CC(=O)c1nn(CC(=O)N2[C@H](C(=O)NC(C)[C@H]3CC3(Cl)Cl)C[C@@]3(C)C[C@@H]23)c2cnc(-c3cnc(C)nc3)cc12. The van der Waals surface area contributed by atoms with E-state index in [-0.39, 0.29) is 53.3 Å². The highest BCUT2D eigenvalue weighted by molar-refractivity contribution is 6.51. The van der Waals surface area contributed by atoms with Crippen LogP contribution >= 0.6 is 23.2 Å². The van der Waals surface area contributed by atoms with Crippen LogP contribution in [-0.2, 0) is 16.1 Å². The molecule has 12 heteroatoms. The molecule has 3 fully saturated rings. The first-order valence-corrected chi connectivity index (χ1v) is 13.8. The van der Waals surface area contributed by atoms with E-state index in [1.54, 1.807) is 36.5 Å². The van der Waals surface area contributed by atoms with Gasteiger partial charge in [-0.25, -0.2) is 9.97 Å². The number of fused-ring (bicyclic) bond motifs is 2. The summed E-state index contributed by atoms with van der Waals surface area (Å²) in [6.45, 7) is 7.12. The maximum absolute atomic E-state index is 13.7. The van der Waals surface area contributed by atoms with E-state index in [1.807, 2.05) is 6.92 Å². The van der Waals surface area contributed by atoms with Crippen molar-refractivity contribution < 1.29 is 14.4 Å². The lowest BCUT2D eigenvalue weighted by Gasteiger charge is -2.28. The molecule has 1 saturated heterocycles. The monoisotopic (exact) mass is 569 g/mol. The van der Waals surface area contributed by atoms with Gasteiger partial charge in [0.2, 0.25) is 11.8 Å². The van der Waals surface area contributed by atoms with E-state index in [9.17, 15) is 14.4 Å². The first kappa shape index (κ1) is 26.1. The number of amides is 2. The molecule has 1 N–H and O–H groups in total. The molecule has 0 radical (unpaired) electrons. The molecule has 3 aromatic heterocycles. The third-order valence-electron chi connectivity index (χ3n) is 8.41. The van der Waals surface area contributed by atoms with Crippen LogP contribution in [0.15, 0.2) is 24.7 Å². The first-order valence-electron chi connectivity index (χ1n) is 13.0. The molecule has 10 nitrogen and oxygen atoms in total. The quantitative estimate of drug-likeness (QED) is 0.341. The zero-order valence-electron chi connectivity index (χ0n) is 22.1. The Labute approximate surface area is 235 Å². The Hall–Kier alpha value is -3.11. The summed E-state index contributed by atoms with van der Waals surface area (Å²) in [6, 6.07) is 0.993. The second-order valence-corrected chi connectivity index (χ2v) is 13.0. The van der Waals surface area contributed by atoms with Gasteiger partial charge in [-0.3, -0.25) is 24.0 Å². The molecule has 204 valence electrons. The largest absolute Gasteiger partial charge is 0.351 e. The molecule has 4 heterocycles. The summed E-state index contributed by atoms with van der Waals surface area (Å²) >= 11 is 12.4. The number of carbonyl (C=O) groups excluding carboxylic acids is 3. The second-order valence-electron chi connectivity index (χ2n) is 11.4. The number of halogens is 2. The molecule has 3 aromatic rings. The molecule has 1 aliphatic heterocycles. The Bertz CT molecular complexity index is 1520. The van der Waals surface area contributed by atoms with E-state index in [2.05, 4.69) is 32.3 Å². The molecule has 5 atom stereocenters. The van der Waals surface area contributed by atoms with Crippen molar-refractivity contribution in [2.75, 3.05) is 0 Å². The molecule has 39 heavy (non-hydrogen) atoms. The molecule has 2 saturated carbocycles. The number of hydrogen-bond acceptors (Lipinski definition) is 7. The van der Waals surface area contributed by atoms with Crippen LogP contribution in [0.1, 0.15) is 56.3 Å². The third-order valence-corrected chi connectivity index (χ3v) is 9.28. The molecule has 6 rings (SSSR count). The second kappa shape index (κ2) is 8.96. The van der Waals surface area contributed by atoms with Gasteiger partial charge in [0, 0.05) is 48.3 Å². The number of nitrogens with zero attached hydrogens (tertiary/aromatic N) is 6. The normalized spacial score (nSPS) is 27.2. The minimum atomic E-state index is -0.804. The van der Waals surface area contributed by atoms with Crippen LogP contribution in [0.2, 0.25) is 0 Å². The van der Waals surface area contributed by atoms with Gasteiger partial charge in [0.05, 0.1) is 17.4 Å². The highest BCUT2D eigenvalue weighted by atomic mass is 35.5. The van der Waals surface area contributed by atoms with Crippen molar-refractivity contribution in [3.05, 3.63) is 36.2 Å². The number of rotatable bonds is 7. The average Bonchev–Trinajstić information content (AvgIpc) is 3.63. The van der Waals surface area contributed by atoms with E-state index < -0.39 is 10.4 Å². The summed E-state index contributed by atoms with van der Waals surface area (Å²) in [5.74, 6) is -0.00341. The van der Waals surface area contributed by atoms with E-state index in [0.717, 1.165) is 6.42 Å². The Kier molecular flexibility index (Phi) is 6.00. The van der Waals surface area contributed by atoms with Gasteiger partial charge in [-0.1, -0.05) is 6.92 Å². The fourth-order valence-corrected chi connectivity index (χ4v) is 6.61. The Morgan fingerprint density at radius 1 is 1.13 bits per heavy atom. The van der Waals surface area contributed by atoms with Crippen LogP contribution in [0.25, 0.3) is 22.2 Å². The van der Waals surface area contributed by atoms with Crippen molar-refractivity contribution in [1.82, 2.24) is 34.9 Å². The molecule has 0 aromatic carbocycles. The zero-order chi connectivity index (χ0) is 27.9. The van der Waals surface area contributed by atoms with Gasteiger partial charge in [-0.15, -0.1) is 23.2 Å². The number of pyridine rings is 1. The average molecular weight is 570 g/mol. The summed E-state index contributed by atoms with van der Waals surface area (Å²) in [6.07, 6.45) is 7.04. The standard InChI is InChI=1S/C27H29Cl2N7O3/c1-13(18-6-27(18,28)29)33-25(39)20-7-26(4)8-22(26)36(20)23(38)12-35-21-11-32-19(16-9-30-15(3)31-10-16)5-17(21)24(34-35)14(2)37/h5,9-11,13,18,20,22H,6-8,12H2,1-4H3,(H,33,39)/t13?,18-,20+,22-,26+/m1/s1. The Morgan fingerprint density at radius 3 is 2.46 bits per heavy atom. The molecule has 0 bridgehead atoms. The topological polar surface area (TPSA) is 123 Å². The van der Waals surface area contributed by atoms with Crippen LogP contribution < -0.4 is 5.32 Å². The van der Waals surface area contributed by atoms with Gasteiger partial charge in [-0.2, -0.15) is 5.10 Å². The first-order chi connectivity index (χ1) is 18.4. The van der Waals surface area contributed by atoms with Crippen molar-refractivity contribution in [2.45, 2.75) is 76.0 Å². The Balaban J connectivity index is 1.26. The molecule has 2 aliphatic carbocycles. The minimum Gasteiger partial charge on any atom is -0.351 e. The molecule has 0 spiro atoms. The lowest BCUT2D eigenvalue weighted by molar-refractivity contribution is -0.140. The molecule has 1 unspecified atom stereocenters. The third kappa shape index (κ3) is 4.57. The van der Waals surface area contributed by atoms with Crippen LogP contribution in [0.4, 0.5) is 0 Å². The van der Waals surface area contributed by atoms with Crippen LogP contribution in [0.5, 0.6) is 0 Å². The number of nitrogens with one attached hydrogen (secondary N) is 1. The van der Waals surface area contributed by atoms with E-state index in [4.69, 9.17) is 23.2 Å². The van der Waals surface area contributed by atoms with Crippen LogP contribution in [-0.4, -0.2) is 69.7 Å². The van der Waals surface area contributed by atoms with E-state index in [0.29, 0.717) is 40.8 Å². The van der Waals surface area contributed by atoms with Gasteiger partial charge in [0.25, 0.3) is 0 Å². The van der Waals surface area contributed by atoms with Crippen molar-refractivity contribution in [2.24, 2.45) is 11.3 Å². The summed E-state index contributed by atoms with van der Waals surface area (Å²) in [5, 5.41) is 8.11. The summed E-state index contributed by atoms with van der Waals surface area (Å²) in [4.78, 5) is 54.1. The molecular weight excluding hydrogens is 541 g/mol. The molecular formula is C27H29Cl2N7O3. The maximum atomic E-state index is 13.7. The predicted molar refractivity (Wildman–Crippen MR) is 145 cm³/mol. The van der Waals surface area contributed by atoms with Gasteiger partial charge in [-0.05, 0) is 44.6 Å². The number of likely N-dealkylation sites (tertiary alicyclic amines) is 1. The van der Waals surface area contributed by atoms with Crippen molar-refractivity contribution >= 4 is 51.7 Å². The lowest BCUT2D eigenvalue weighted by atomic mass is 10.0. The summed E-state index contributed by atoms with van der Waals surface area (Å²) in [5.41, 5.74) is 2.05. The van der Waals surface area contributed by atoms with Gasteiger partial charge >= 0.3 is 0 Å². The molecule has 3 aliphatic rings. The Morgan fingerprint density at radius 2 is 1.82 bits per heavy atom. The van der Waals surface area contributed by atoms with Gasteiger partial charge in [0.15, 0.2) is 5.78 Å². The van der Waals surface area contributed by atoms with E-state index >= 15 is 0 Å². The number of hydrogen-bond donors (Lipinski definition) is 1. The van der Waals surface area contributed by atoms with E-state index in [1.165, 1.54) is 11.6 Å². The van der Waals surface area contributed by atoms with Crippen LogP contribution in [0.3, 0.4) is 0 Å². The van der Waals surface area contributed by atoms with Crippen LogP contribution in [0, 0.1) is 18.3 Å². The van der Waals surface area contributed by atoms with Gasteiger partial charge < -0.3 is 10.2 Å². The van der Waals surface area contributed by atoms with Crippen molar-refractivity contribution in [3.8, 4) is 11.3 Å². The highest BCUT2D eigenvalue weighted by Crippen LogP contribution is 2.59. The number of ketones is 1. The fraction of sp³-hybridized carbons (Fsp3) is 0.519. The van der Waals surface area contributed by atoms with Crippen molar-refractivity contribution in [1.29, 1.82) is 0 Å². The summed E-state index contributed by atoms with van der Waals surface area (Å²) < 4.78 is 0.702. The minimum absolute atomic E-state index is 0.00232. The predicted octanol–water partition coefficient (Wildman–Crippen LogP) is 3.48. The number of aromatic nitrogens is 5. The zero-order valence-corrected chi connectivity index (χ0v) is 23.6.